The van der Waals surface area contributed by atoms with Crippen LogP contribution in [0.3, 0.4) is 0 Å². The highest BCUT2D eigenvalue weighted by Crippen LogP contribution is 2.52. The highest BCUT2D eigenvalue weighted by atomic mass is 32.2. The van der Waals surface area contributed by atoms with E-state index in [9.17, 15) is 13.2 Å². The van der Waals surface area contributed by atoms with Gasteiger partial charge in [-0.15, -0.1) is 11.8 Å². The Balaban J connectivity index is 1.85. The summed E-state index contributed by atoms with van der Waals surface area (Å²) in [4.78, 5) is 12.5. The summed E-state index contributed by atoms with van der Waals surface area (Å²) in [6.07, 6.45) is 1.54. The smallest absolute Gasteiger partial charge is 0.324 e. The number of carbonyl (C=O) groups is 1. The molecule has 0 bridgehead atoms. The molecule has 0 radical (unpaired) electrons. The van der Waals surface area contributed by atoms with Crippen LogP contribution in [0.2, 0.25) is 0 Å². The molecule has 0 saturated carbocycles. The van der Waals surface area contributed by atoms with E-state index in [4.69, 9.17) is 4.74 Å². The van der Waals surface area contributed by atoms with Gasteiger partial charge >= 0.3 is 5.97 Å². The van der Waals surface area contributed by atoms with Gasteiger partial charge in [-0.1, -0.05) is 91.0 Å². The van der Waals surface area contributed by atoms with Crippen molar-refractivity contribution >= 4 is 27.8 Å². The van der Waals surface area contributed by atoms with Crippen molar-refractivity contribution in [2.24, 2.45) is 0 Å². The van der Waals surface area contributed by atoms with Crippen LogP contribution in [0.15, 0.2) is 91.0 Å². The summed E-state index contributed by atoms with van der Waals surface area (Å²) in [5.74, 6) is -0.520. The van der Waals surface area contributed by atoms with E-state index in [2.05, 4.69) is 36.4 Å². The number of benzene rings is 3. The second-order valence-electron chi connectivity index (χ2n) is 8.13. The lowest BCUT2D eigenvalue weighted by atomic mass is 9.84. The number of carbonyl (C=O) groups excluding carboxylic acids is 1. The standard InChI is InChI=1S/C26H27NO4S2/c1-31-25(28)24-18-23(19-27(24)33(2,29)30)32-26(20-12-6-3-7-13-20,21-14-8-4-9-15-21)22-16-10-5-11-17-22/h3-17,23-24H,18-19H2,1-2H3. The van der Waals surface area contributed by atoms with E-state index in [1.165, 1.54) is 11.4 Å². The number of ether oxygens (including phenoxy) is 1. The van der Waals surface area contributed by atoms with Crippen LogP contribution in [0.25, 0.3) is 0 Å². The van der Waals surface area contributed by atoms with Gasteiger partial charge in [-0.05, 0) is 23.1 Å². The SMILES string of the molecule is COC(=O)C1CC(SC(c2ccccc2)(c2ccccc2)c2ccccc2)CN1S(C)(=O)=O. The average Bonchev–Trinajstić information content (AvgIpc) is 3.28. The van der Waals surface area contributed by atoms with Gasteiger partial charge in [0.1, 0.15) is 6.04 Å². The fourth-order valence-electron chi connectivity index (χ4n) is 4.54. The lowest BCUT2D eigenvalue weighted by molar-refractivity contribution is -0.144. The number of sulfonamides is 1. The van der Waals surface area contributed by atoms with Crippen LogP contribution in [0.5, 0.6) is 0 Å². The molecular weight excluding hydrogens is 454 g/mol. The summed E-state index contributed by atoms with van der Waals surface area (Å²) >= 11 is 1.70. The van der Waals surface area contributed by atoms with Gasteiger partial charge in [0.05, 0.1) is 18.1 Å². The van der Waals surface area contributed by atoms with Gasteiger partial charge < -0.3 is 4.74 Å². The van der Waals surface area contributed by atoms with Crippen molar-refractivity contribution in [3.63, 3.8) is 0 Å². The Labute approximate surface area is 199 Å². The van der Waals surface area contributed by atoms with E-state index < -0.39 is 26.8 Å². The van der Waals surface area contributed by atoms with E-state index in [-0.39, 0.29) is 11.8 Å². The van der Waals surface area contributed by atoms with Crippen LogP contribution in [0.4, 0.5) is 0 Å². The zero-order valence-electron chi connectivity index (χ0n) is 18.6. The number of hydrogen-bond donors (Lipinski definition) is 0. The molecule has 0 aliphatic carbocycles. The average molecular weight is 482 g/mol. The fraction of sp³-hybridized carbons (Fsp3) is 0.269. The molecule has 172 valence electrons. The van der Waals surface area contributed by atoms with Gasteiger partial charge in [0.25, 0.3) is 0 Å². The molecule has 1 heterocycles. The Kier molecular flexibility index (Phi) is 6.93. The zero-order chi connectivity index (χ0) is 23.5. The third-order valence-corrected chi connectivity index (χ3v) is 8.99. The fourth-order valence-corrected chi connectivity index (χ4v) is 7.55. The van der Waals surface area contributed by atoms with Crippen LogP contribution < -0.4 is 0 Å². The molecule has 0 amide bonds. The predicted octanol–water partition coefficient (Wildman–Crippen LogP) is 4.29. The first kappa shape index (κ1) is 23.5. The Morgan fingerprint density at radius 2 is 1.30 bits per heavy atom. The maximum Gasteiger partial charge on any atom is 0.324 e. The number of methoxy groups -OCH3 is 1. The normalized spacial score (nSPS) is 19.3. The van der Waals surface area contributed by atoms with Gasteiger partial charge in [-0.3, -0.25) is 4.79 Å². The highest BCUT2D eigenvalue weighted by Gasteiger charge is 2.47. The summed E-state index contributed by atoms with van der Waals surface area (Å²) in [6, 6.07) is 29.9. The molecular formula is C26H27NO4S2. The maximum atomic E-state index is 12.5. The van der Waals surface area contributed by atoms with Crippen molar-refractivity contribution in [3.05, 3.63) is 108 Å². The van der Waals surface area contributed by atoms with Crippen molar-refractivity contribution in [1.82, 2.24) is 4.31 Å². The van der Waals surface area contributed by atoms with E-state index >= 15 is 0 Å². The van der Waals surface area contributed by atoms with E-state index in [1.54, 1.807) is 11.8 Å². The van der Waals surface area contributed by atoms with Gasteiger partial charge in [-0.2, -0.15) is 4.31 Å². The van der Waals surface area contributed by atoms with Crippen LogP contribution in [-0.4, -0.2) is 49.9 Å². The highest BCUT2D eigenvalue weighted by molar-refractivity contribution is 8.01. The molecule has 1 aliphatic heterocycles. The third kappa shape index (κ3) is 4.71. The van der Waals surface area contributed by atoms with Gasteiger partial charge in [0.15, 0.2) is 0 Å². The zero-order valence-corrected chi connectivity index (χ0v) is 20.3. The Morgan fingerprint density at radius 1 is 0.879 bits per heavy atom. The molecule has 3 aromatic carbocycles. The second kappa shape index (κ2) is 9.71. The monoisotopic (exact) mass is 481 g/mol. The van der Waals surface area contributed by atoms with Crippen LogP contribution in [-0.2, 0) is 24.3 Å². The quantitative estimate of drug-likeness (QED) is 0.372. The summed E-state index contributed by atoms with van der Waals surface area (Å²) in [7, 11) is -2.27. The van der Waals surface area contributed by atoms with Gasteiger partial charge in [-0.25, -0.2) is 8.42 Å². The molecule has 1 fully saturated rings. The number of rotatable bonds is 7. The predicted molar refractivity (Wildman–Crippen MR) is 133 cm³/mol. The van der Waals surface area contributed by atoms with Crippen LogP contribution >= 0.6 is 11.8 Å². The Bertz CT molecular complexity index is 1090. The summed E-state index contributed by atoms with van der Waals surface area (Å²) in [6.45, 7) is 0.248. The molecule has 2 atom stereocenters. The minimum absolute atomic E-state index is 0.121. The van der Waals surface area contributed by atoms with Gasteiger partial charge in [0, 0.05) is 11.8 Å². The first-order valence-electron chi connectivity index (χ1n) is 10.8. The van der Waals surface area contributed by atoms with Crippen molar-refractivity contribution < 1.29 is 17.9 Å². The summed E-state index contributed by atoms with van der Waals surface area (Å²) < 4.78 is 30.6. The largest absolute Gasteiger partial charge is 0.468 e. The molecule has 0 spiro atoms. The summed E-state index contributed by atoms with van der Waals surface area (Å²) in [5.41, 5.74) is 3.29. The number of hydrogen-bond acceptors (Lipinski definition) is 5. The first-order chi connectivity index (χ1) is 15.9. The maximum absolute atomic E-state index is 12.5. The van der Waals surface area contributed by atoms with Crippen molar-refractivity contribution in [2.75, 3.05) is 19.9 Å². The summed E-state index contributed by atoms with van der Waals surface area (Å²) in [5, 5.41) is -0.121. The lowest BCUT2D eigenvalue weighted by Crippen LogP contribution is -2.40. The topological polar surface area (TPSA) is 63.7 Å². The number of thioether (sulfide) groups is 1. The van der Waals surface area contributed by atoms with Crippen LogP contribution in [0, 0.1) is 0 Å². The molecule has 1 saturated heterocycles. The van der Waals surface area contributed by atoms with Gasteiger partial charge in [0.2, 0.25) is 10.0 Å². The molecule has 2 unspecified atom stereocenters. The third-order valence-electron chi connectivity index (χ3n) is 6.00. The molecule has 0 aromatic heterocycles. The number of nitrogens with zero attached hydrogens (tertiary/aromatic N) is 1. The molecule has 3 aromatic rings. The van der Waals surface area contributed by atoms with Crippen molar-refractivity contribution in [3.8, 4) is 0 Å². The van der Waals surface area contributed by atoms with Crippen molar-refractivity contribution in [1.29, 1.82) is 0 Å². The first-order valence-corrected chi connectivity index (χ1v) is 13.5. The van der Waals surface area contributed by atoms with E-state index in [0.717, 1.165) is 22.9 Å². The minimum Gasteiger partial charge on any atom is -0.468 e. The molecule has 7 heteroatoms. The van der Waals surface area contributed by atoms with Crippen LogP contribution in [0.1, 0.15) is 23.1 Å². The molecule has 33 heavy (non-hydrogen) atoms. The number of esters is 1. The second-order valence-corrected chi connectivity index (χ2v) is 11.6. The molecule has 1 aliphatic rings. The Morgan fingerprint density at radius 3 is 1.67 bits per heavy atom. The molecule has 5 nitrogen and oxygen atoms in total. The molecule has 0 N–H and O–H groups in total. The molecule has 4 rings (SSSR count). The minimum atomic E-state index is -3.57. The van der Waals surface area contributed by atoms with E-state index in [0.29, 0.717) is 6.42 Å². The van der Waals surface area contributed by atoms with E-state index in [1.807, 2.05) is 54.6 Å². The lowest BCUT2D eigenvalue weighted by Gasteiger charge is -2.37. The Hall–Kier alpha value is -2.61. The van der Waals surface area contributed by atoms with Crippen molar-refractivity contribution in [2.45, 2.75) is 22.5 Å².